The predicted octanol–water partition coefficient (Wildman–Crippen LogP) is 1.50. The van der Waals surface area contributed by atoms with E-state index in [2.05, 4.69) is 16.4 Å². The number of carbonyl (C=O) groups excluding carboxylic acids is 1. The third kappa shape index (κ3) is 4.23. The third-order valence-electron chi connectivity index (χ3n) is 5.61. The molecular weight excluding hydrogens is 446 g/mol. The van der Waals surface area contributed by atoms with Crippen LogP contribution in [0.25, 0.3) is 11.7 Å². The lowest BCUT2D eigenvalue weighted by atomic mass is 10.2. The van der Waals surface area contributed by atoms with Crippen LogP contribution in [-0.4, -0.2) is 80.4 Å². The SMILES string of the molecule is C=CCN1C(=O)/C(=C\c2c(N3CCN(CCO)CC3)nc3c(C)cccn3c2=O)SC1=S. The Labute approximate surface area is 195 Å². The normalized spacial score (nSPS) is 18.9. The summed E-state index contributed by atoms with van der Waals surface area (Å²) < 4.78 is 1.97. The zero-order valence-corrected chi connectivity index (χ0v) is 19.5. The maximum atomic E-state index is 13.5. The molecule has 2 aliphatic rings. The molecular formula is C22H25N5O3S2. The van der Waals surface area contributed by atoms with Gasteiger partial charge in [-0.1, -0.05) is 36.1 Å². The summed E-state index contributed by atoms with van der Waals surface area (Å²) in [6, 6.07) is 3.73. The highest BCUT2D eigenvalue weighted by molar-refractivity contribution is 8.26. The summed E-state index contributed by atoms with van der Waals surface area (Å²) in [5.74, 6) is 0.342. The van der Waals surface area contributed by atoms with Gasteiger partial charge in [0, 0.05) is 45.5 Å². The molecule has 2 aliphatic heterocycles. The minimum atomic E-state index is -0.229. The van der Waals surface area contributed by atoms with Gasteiger partial charge in [-0.25, -0.2) is 4.98 Å². The fourth-order valence-electron chi connectivity index (χ4n) is 3.91. The monoisotopic (exact) mass is 471 g/mol. The van der Waals surface area contributed by atoms with Crippen LogP contribution in [0, 0.1) is 6.92 Å². The molecule has 4 rings (SSSR count). The van der Waals surface area contributed by atoms with Crippen molar-refractivity contribution in [2.24, 2.45) is 0 Å². The number of pyridine rings is 1. The van der Waals surface area contributed by atoms with E-state index in [1.807, 2.05) is 19.1 Å². The van der Waals surface area contributed by atoms with Crippen LogP contribution >= 0.6 is 24.0 Å². The molecule has 4 heterocycles. The average Bonchev–Trinajstić information content (AvgIpc) is 3.04. The Kier molecular flexibility index (Phi) is 6.75. The molecule has 10 heteroatoms. The number of aliphatic hydroxyl groups is 1. The van der Waals surface area contributed by atoms with Crippen molar-refractivity contribution in [2.45, 2.75) is 6.92 Å². The van der Waals surface area contributed by atoms with Crippen LogP contribution in [0.1, 0.15) is 11.1 Å². The van der Waals surface area contributed by atoms with Crippen LogP contribution in [0.3, 0.4) is 0 Å². The van der Waals surface area contributed by atoms with Gasteiger partial charge in [0.15, 0.2) is 0 Å². The number of amides is 1. The fraction of sp³-hybridized carbons (Fsp3) is 0.364. The highest BCUT2D eigenvalue weighted by Gasteiger charge is 2.32. The number of β-amino-alcohol motifs (C(OH)–C–C–N with tert-alkyl or cyclic N) is 1. The van der Waals surface area contributed by atoms with Crippen molar-refractivity contribution >= 4 is 51.7 Å². The van der Waals surface area contributed by atoms with E-state index in [4.69, 9.17) is 17.2 Å². The molecule has 2 saturated heterocycles. The van der Waals surface area contributed by atoms with Crippen LogP contribution in [-0.2, 0) is 4.79 Å². The zero-order chi connectivity index (χ0) is 22.8. The van der Waals surface area contributed by atoms with Gasteiger partial charge in [-0.05, 0) is 24.6 Å². The zero-order valence-electron chi connectivity index (χ0n) is 17.9. The molecule has 0 aromatic carbocycles. The smallest absolute Gasteiger partial charge is 0.267 e. The Hall–Kier alpha value is -2.53. The first-order valence-electron chi connectivity index (χ1n) is 10.4. The molecule has 0 saturated carbocycles. The van der Waals surface area contributed by atoms with Crippen LogP contribution in [0.15, 0.2) is 40.7 Å². The lowest BCUT2D eigenvalue weighted by molar-refractivity contribution is -0.121. The number of thiocarbonyl (C=S) groups is 1. The maximum absolute atomic E-state index is 13.5. The van der Waals surface area contributed by atoms with E-state index in [0.717, 1.165) is 18.7 Å². The quantitative estimate of drug-likeness (QED) is 0.386. The van der Waals surface area contributed by atoms with Gasteiger partial charge in [0.1, 0.15) is 15.8 Å². The number of rotatable bonds is 6. The summed E-state index contributed by atoms with van der Waals surface area (Å²) in [6.45, 7) is 9.54. The number of hydrogen-bond acceptors (Lipinski definition) is 8. The maximum Gasteiger partial charge on any atom is 0.267 e. The van der Waals surface area contributed by atoms with E-state index in [0.29, 0.717) is 52.4 Å². The third-order valence-corrected chi connectivity index (χ3v) is 6.99. The van der Waals surface area contributed by atoms with Gasteiger partial charge in [0.25, 0.3) is 11.5 Å². The first-order valence-corrected chi connectivity index (χ1v) is 11.6. The summed E-state index contributed by atoms with van der Waals surface area (Å²) in [5.41, 5.74) is 1.65. The van der Waals surface area contributed by atoms with Gasteiger partial charge in [-0.3, -0.25) is 23.8 Å². The summed E-state index contributed by atoms with van der Waals surface area (Å²) in [6.07, 6.45) is 4.95. The molecule has 1 amide bonds. The number of anilines is 1. The van der Waals surface area contributed by atoms with Crippen molar-refractivity contribution in [1.29, 1.82) is 0 Å². The second kappa shape index (κ2) is 9.53. The van der Waals surface area contributed by atoms with E-state index >= 15 is 0 Å². The van der Waals surface area contributed by atoms with Crippen molar-refractivity contribution in [1.82, 2.24) is 19.2 Å². The molecule has 0 bridgehead atoms. The predicted molar refractivity (Wildman–Crippen MR) is 132 cm³/mol. The number of piperazine rings is 1. The van der Waals surface area contributed by atoms with Gasteiger partial charge in [0.2, 0.25) is 0 Å². The molecule has 2 aromatic rings. The Balaban J connectivity index is 1.81. The Bertz CT molecular complexity index is 1170. The number of carbonyl (C=O) groups is 1. The van der Waals surface area contributed by atoms with E-state index < -0.39 is 0 Å². The highest BCUT2D eigenvalue weighted by Crippen LogP contribution is 2.33. The Morgan fingerprint density at radius 2 is 2.03 bits per heavy atom. The topological polar surface area (TPSA) is 81.4 Å². The minimum absolute atomic E-state index is 0.118. The highest BCUT2D eigenvalue weighted by atomic mass is 32.2. The van der Waals surface area contributed by atoms with Crippen LogP contribution < -0.4 is 10.5 Å². The second-order valence-corrected chi connectivity index (χ2v) is 9.35. The molecule has 2 aromatic heterocycles. The number of thioether (sulfide) groups is 1. The molecule has 0 aliphatic carbocycles. The van der Waals surface area contributed by atoms with Gasteiger partial charge < -0.3 is 10.0 Å². The molecule has 32 heavy (non-hydrogen) atoms. The lowest BCUT2D eigenvalue weighted by Gasteiger charge is -2.35. The van der Waals surface area contributed by atoms with Crippen LogP contribution in [0.5, 0.6) is 0 Å². The number of fused-ring (bicyclic) bond motifs is 1. The largest absolute Gasteiger partial charge is 0.395 e. The average molecular weight is 472 g/mol. The van der Waals surface area contributed by atoms with Gasteiger partial charge in [0.05, 0.1) is 17.1 Å². The summed E-state index contributed by atoms with van der Waals surface area (Å²) in [5, 5.41) is 9.22. The standard InChI is InChI=1S/C22H25N5O3S2/c1-3-6-27-21(30)17(32-22(27)31)14-16-19(25-10-8-24(9-11-25)12-13-28)23-18-15(2)5-4-7-26(18)20(16)29/h3-5,7,14,28H,1,6,8-13H2,2H3/b17-14+. The number of hydrogen-bond donors (Lipinski definition) is 1. The van der Waals surface area contributed by atoms with E-state index in [-0.39, 0.29) is 18.1 Å². The molecule has 0 unspecified atom stereocenters. The van der Waals surface area contributed by atoms with E-state index in [1.54, 1.807) is 18.3 Å². The van der Waals surface area contributed by atoms with E-state index in [9.17, 15) is 14.7 Å². The van der Waals surface area contributed by atoms with Gasteiger partial charge in [-0.15, -0.1) is 6.58 Å². The number of nitrogens with zero attached hydrogens (tertiary/aromatic N) is 5. The number of aliphatic hydroxyl groups excluding tert-OH is 1. The fourth-order valence-corrected chi connectivity index (χ4v) is 5.17. The molecule has 8 nitrogen and oxygen atoms in total. The summed E-state index contributed by atoms with van der Waals surface area (Å²) in [7, 11) is 0. The van der Waals surface area contributed by atoms with Gasteiger partial charge >= 0.3 is 0 Å². The molecule has 0 spiro atoms. The van der Waals surface area contributed by atoms with Crippen molar-refractivity contribution in [2.75, 3.05) is 50.8 Å². The van der Waals surface area contributed by atoms with Crippen molar-refractivity contribution in [3.8, 4) is 0 Å². The van der Waals surface area contributed by atoms with Crippen molar-refractivity contribution in [3.05, 3.63) is 57.4 Å². The first kappa shape index (κ1) is 22.7. The molecule has 2 fully saturated rings. The van der Waals surface area contributed by atoms with Crippen molar-refractivity contribution in [3.63, 3.8) is 0 Å². The lowest BCUT2D eigenvalue weighted by Crippen LogP contribution is -2.48. The minimum Gasteiger partial charge on any atom is -0.395 e. The molecule has 168 valence electrons. The molecule has 0 atom stereocenters. The number of aromatic nitrogens is 2. The molecule has 0 radical (unpaired) electrons. The van der Waals surface area contributed by atoms with E-state index in [1.165, 1.54) is 21.1 Å². The first-order chi connectivity index (χ1) is 15.4. The summed E-state index contributed by atoms with van der Waals surface area (Å²) in [4.78, 5) is 37.4. The second-order valence-electron chi connectivity index (χ2n) is 7.67. The Morgan fingerprint density at radius 1 is 1.28 bits per heavy atom. The van der Waals surface area contributed by atoms with Crippen molar-refractivity contribution < 1.29 is 9.90 Å². The molecule has 1 N–H and O–H groups in total. The number of aryl methyl sites for hydroxylation is 1. The van der Waals surface area contributed by atoms with Crippen LogP contribution in [0.4, 0.5) is 5.82 Å². The Morgan fingerprint density at radius 3 is 2.72 bits per heavy atom. The van der Waals surface area contributed by atoms with Crippen LogP contribution in [0.2, 0.25) is 0 Å². The summed E-state index contributed by atoms with van der Waals surface area (Å²) >= 11 is 6.53. The van der Waals surface area contributed by atoms with Gasteiger partial charge in [-0.2, -0.15) is 0 Å².